The average Bonchev–Trinajstić information content (AvgIpc) is 2.16. The van der Waals surface area contributed by atoms with Crippen LogP contribution in [0.5, 0.6) is 0 Å². The zero-order valence-corrected chi connectivity index (χ0v) is 10.2. The second-order valence-corrected chi connectivity index (χ2v) is 4.10. The van der Waals surface area contributed by atoms with Crippen molar-refractivity contribution in [1.82, 2.24) is 9.80 Å². The molecule has 0 spiro atoms. The number of aliphatic hydroxyl groups excluding tert-OH is 1. The zero-order chi connectivity index (χ0) is 11.0. The minimum absolute atomic E-state index is 0.266. The van der Waals surface area contributed by atoms with Crippen LogP contribution in [0.2, 0.25) is 0 Å². The third kappa shape index (κ3) is 6.35. The van der Waals surface area contributed by atoms with Crippen molar-refractivity contribution in [2.24, 2.45) is 0 Å². The van der Waals surface area contributed by atoms with Gasteiger partial charge in [0.1, 0.15) is 0 Å². The highest BCUT2D eigenvalue weighted by Crippen LogP contribution is 1.99. The maximum Gasteiger partial charge on any atom is 0.0558 e. The van der Waals surface area contributed by atoms with E-state index in [1.165, 1.54) is 6.42 Å². The van der Waals surface area contributed by atoms with Gasteiger partial charge in [-0.3, -0.25) is 4.90 Å². The van der Waals surface area contributed by atoms with Gasteiger partial charge in [0.25, 0.3) is 0 Å². The molecular formula is C11H26N2O. The lowest BCUT2D eigenvalue weighted by molar-refractivity contribution is 0.159. The molecule has 0 saturated heterocycles. The largest absolute Gasteiger partial charge is 0.395 e. The molecule has 0 aromatic carbocycles. The SMILES string of the molecule is CCN(C)CCCN(CCO)C(C)C. The van der Waals surface area contributed by atoms with Crippen LogP contribution in [0.1, 0.15) is 27.2 Å². The molecule has 0 unspecified atom stereocenters. The molecular weight excluding hydrogens is 176 g/mol. The first-order chi connectivity index (χ1) is 6.61. The Kier molecular flexibility index (Phi) is 8.14. The molecule has 0 aromatic rings. The lowest BCUT2D eigenvalue weighted by Gasteiger charge is -2.26. The second-order valence-electron chi connectivity index (χ2n) is 4.10. The summed E-state index contributed by atoms with van der Waals surface area (Å²) in [6.45, 7) is 10.9. The summed E-state index contributed by atoms with van der Waals surface area (Å²) >= 11 is 0. The van der Waals surface area contributed by atoms with E-state index >= 15 is 0 Å². The third-order valence-corrected chi connectivity index (χ3v) is 2.64. The lowest BCUT2D eigenvalue weighted by atomic mass is 10.2. The molecule has 0 fully saturated rings. The fraction of sp³-hybridized carbons (Fsp3) is 1.00. The van der Waals surface area contributed by atoms with E-state index in [-0.39, 0.29) is 6.61 Å². The number of hydrogen-bond donors (Lipinski definition) is 1. The molecule has 1 N–H and O–H groups in total. The van der Waals surface area contributed by atoms with Gasteiger partial charge in [-0.1, -0.05) is 6.92 Å². The smallest absolute Gasteiger partial charge is 0.0558 e. The van der Waals surface area contributed by atoms with Gasteiger partial charge in [-0.15, -0.1) is 0 Å². The second kappa shape index (κ2) is 8.21. The number of rotatable bonds is 8. The van der Waals surface area contributed by atoms with Crippen LogP contribution in [-0.2, 0) is 0 Å². The third-order valence-electron chi connectivity index (χ3n) is 2.64. The van der Waals surface area contributed by atoms with Crippen molar-refractivity contribution in [1.29, 1.82) is 0 Å². The van der Waals surface area contributed by atoms with E-state index < -0.39 is 0 Å². The molecule has 0 atom stereocenters. The highest BCUT2D eigenvalue weighted by Gasteiger charge is 2.07. The van der Waals surface area contributed by atoms with Crippen LogP contribution >= 0.6 is 0 Å². The fourth-order valence-electron chi connectivity index (χ4n) is 1.46. The zero-order valence-electron chi connectivity index (χ0n) is 10.2. The van der Waals surface area contributed by atoms with Crippen molar-refractivity contribution in [3.8, 4) is 0 Å². The Bertz CT molecular complexity index is 128. The summed E-state index contributed by atoms with van der Waals surface area (Å²) in [5.41, 5.74) is 0. The predicted octanol–water partition coefficient (Wildman–Crippen LogP) is 1.03. The maximum atomic E-state index is 8.89. The lowest BCUT2D eigenvalue weighted by Crippen LogP contribution is -2.35. The Labute approximate surface area is 88.7 Å². The van der Waals surface area contributed by atoms with E-state index in [1.807, 2.05) is 0 Å². The highest BCUT2D eigenvalue weighted by atomic mass is 16.3. The van der Waals surface area contributed by atoms with Crippen LogP contribution in [0, 0.1) is 0 Å². The maximum absolute atomic E-state index is 8.89. The topological polar surface area (TPSA) is 26.7 Å². The Morgan fingerprint density at radius 1 is 1.14 bits per heavy atom. The number of hydrogen-bond acceptors (Lipinski definition) is 3. The molecule has 0 rings (SSSR count). The van der Waals surface area contributed by atoms with Gasteiger partial charge in [-0.2, -0.15) is 0 Å². The monoisotopic (exact) mass is 202 g/mol. The predicted molar refractivity (Wildman–Crippen MR) is 61.6 cm³/mol. The molecule has 0 amide bonds. The molecule has 14 heavy (non-hydrogen) atoms. The summed E-state index contributed by atoms with van der Waals surface area (Å²) in [4.78, 5) is 4.64. The molecule has 0 aliphatic rings. The van der Waals surface area contributed by atoms with Gasteiger partial charge in [-0.05, 0) is 47.0 Å². The van der Waals surface area contributed by atoms with Gasteiger partial charge < -0.3 is 10.0 Å². The summed E-state index contributed by atoms with van der Waals surface area (Å²) in [6.07, 6.45) is 1.18. The van der Waals surface area contributed by atoms with Crippen molar-refractivity contribution in [3.63, 3.8) is 0 Å². The summed E-state index contributed by atoms with van der Waals surface area (Å²) < 4.78 is 0. The first-order valence-electron chi connectivity index (χ1n) is 5.65. The molecule has 0 aromatic heterocycles. The Hall–Kier alpha value is -0.120. The van der Waals surface area contributed by atoms with E-state index in [9.17, 15) is 0 Å². The van der Waals surface area contributed by atoms with Gasteiger partial charge in [0, 0.05) is 12.6 Å². The van der Waals surface area contributed by atoms with Gasteiger partial charge in [0.15, 0.2) is 0 Å². The molecule has 3 heteroatoms. The Balaban J connectivity index is 3.60. The van der Waals surface area contributed by atoms with Crippen molar-refractivity contribution < 1.29 is 5.11 Å². The van der Waals surface area contributed by atoms with Crippen LogP contribution in [0.25, 0.3) is 0 Å². The van der Waals surface area contributed by atoms with E-state index in [0.29, 0.717) is 6.04 Å². The summed E-state index contributed by atoms with van der Waals surface area (Å²) in [7, 11) is 2.14. The van der Waals surface area contributed by atoms with Gasteiger partial charge in [-0.25, -0.2) is 0 Å². The summed E-state index contributed by atoms with van der Waals surface area (Å²) in [5, 5.41) is 8.89. The molecule has 0 aliphatic carbocycles. The molecule has 0 bridgehead atoms. The standard InChI is InChI=1S/C11H26N2O/c1-5-12(4)7-6-8-13(9-10-14)11(2)3/h11,14H,5-10H2,1-4H3. The van der Waals surface area contributed by atoms with E-state index in [2.05, 4.69) is 37.6 Å². The van der Waals surface area contributed by atoms with E-state index in [4.69, 9.17) is 5.11 Å². The highest BCUT2D eigenvalue weighted by molar-refractivity contribution is 4.63. The van der Waals surface area contributed by atoms with Gasteiger partial charge in [0.05, 0.1) is 6.61 Å². The normalized spacial score (nSPS) is 12.0. The quantitative estimate of drug-likeness (QED) is 0.637. The van der Waals surface area contributed by atoms with Crippen molar-refractivity contribution in [2.45, 2.75) is 33.2 Å². The van der Waals surface area contributed by atoms with Crippen LogP contribution in [0.4, 0.5) is 0 Å². The van der Waals surface area contributed by atoms with Gasteiger partial charge >= 0.3 is 0 Å². The summed E-state index contributed by atoms with van der Waals surface area (Å²) in [6, 6.07) is 0.536. The van der Waals surface area contributed by atoms with Crippen LogP contribution in [0.3, 0.4) is 0 Å². The molecule has 0 heterocycles. The van der Waals surface area contributed by atoms with Crippen molar-refractivity contribution in [3.05, 3.63) is 0 Å². The average molecular weight is 202 g/mol. The Morgan fingerprint density at radius 2 is 1.79 bits per heavy atom. The Morgan fingerprint density at radius 3 is 2.21 bits per heavy atom. The van der Waals surface area contributed by atoms with Gasteiger partial charge in [0.2, 0.25) is 0 Å². The first-order valence-corrected chi connectivity index (χ1v) is 5.65. The fourth-order valence-corrected chi connectivity index (χ4v) is 1.46. The van der Waals surface area contributed by atoms with Crippen LogP contribution in [0.15, 0.2) is 0 Å². The molecule has 3 nitrogen and oxygen atoms in total. The minimum Gasteiger partial charge on any atom is -0.395 e. The number of nitrogens with zero attached hydrogens (tertiary/aromatic N) is 2. The molecule has 86 valence electrons. The van der Waals surface area contributed by atoms with E-state index in [0.717, 1.165) is 26.2 Å². The van der Waals surface area contributed by atoms with Crippen LogP contribution < -0.4 is 0 Å². The molecule has 0 saturated carbocycles. The molecule has 0 aliphatic heterocycles. The first kappa shape index (κ1) is 13.9. The van der Waals surface area contributed by atoms with Crippen molar-refractivity contribution in [2.75, 3.05) is 39.8 Å². The summed E-state index contributed by atoms with van der Waals surface area (Å²) in [5.74, 6) is 0. The van der Waals surface area contributed by atoms with Crippen LogP contribution in [-0.4, -0.2) is 60.8 Å². The molecule has 0 radical (unpaired) electrons. The minimum atomic E-state index is 0.266. The number of aliphatic hydroxyl groups is 1. The van der Waals surface area contributed by atoms with E-state index in [1.54, 1.807) is 0 Å². The van der Waals surface area contributed by atoms with Crippen molar-refractivity contribution >= 4 is 0 Å².